The second kappa shape index (κ2) is 13.5. The predicted octanol–water partition coefficient (Wildman–Crippen LogP) is 2.83. The highest BCUT2D eigenvalue weighted by atomic mass is 127. The van der Waals surface area contributed by atoms with Gasteiger partial charge in [-0.1, -0.05) is 12.1 Å². The van der Waals surface area contributed by atoms with Crippen LogP contribution in [0.25, 0.3) is 0 Å². The average Bonchev–Trinajstić information content (AvgIpc) is 3.18. The zero-order chi connectivity index (χ0) is 21.2. The lowest BCUT2D eigenvalue weighted by atomic mass is 10.1. The molecule has 9 nitrogen and oxygen atoms in total. The Labute approximate surface area is 200 Å². The molecule has 0 aliphatic carbocycles. The van der Waals surface area contributed by atoms with Crippen LogP contribution in [0.15, 0.2) is 29.3 Å². The summed E-state index contributed by atoms with van der Waals surface area (Å²) < 4.78 is 5.78. The molecule has 2 aliphatic rings. The minimum Gasteiger partial charge on any atom is -0.376 e. The lowest BCUT2D eigenvalue weighted by Gasteiger charge is -2.24. The van der Waals surface area contributed by atoms with Crippen LogP contribution in [0.1, 0.15) is 44.1 Å². The molecule has 31 heavy (non-hydrogen) atoms. The Hall–Kier alpha value is -1.95. The molecule has 0 bridgehead atoms. The fraction of sp³-hybridized carbons (Fsp3) is 0.619. The Kier molecular flexibility index (Phi) is 11.0. The van der Waals surface area contributed by atoms with Crippen molar-refractivity contribution < 1.29 is 14.5 Å². The number of halogens is 1. The van der Waals surface area contributed by atoms with Gasteiger partial charge in [0.2, 0.25) is 5.91 Å². The monoisotopic (exact) mass is 545 g/mol. The van der Waals surface area contributed by atoms with Crippen molar-refractivity contribution >= 4 is 41.5 Å². The number of non-ortho nitro benzene ring substituents is 1. The third kappa shape index (κ3) is 8.60. The Morgan fingerprint density at radius 3 is 2.68 bits per heavy atom. The second-order valence-corrected chi connectivity index (χ2v) is 7.72. The first-order valence-electron chi connectivity index (χ1n) is 10.8. The molecule has 2 saturated heterocycles. The number of rotatable bonds is 9. The number of ether oxygens (including phenoxy) is 1. The maximum Gasteiger partial charge on any atom is 0.269 e. The van der Waals surface area contributed by atoms with Crippen molar-refractivity contribution in [3.05, 3.63) is 39.9 Å². The van der Waals surface area contributed by atoms with Gasteiger partial charge in [-0.2, -0.15) is 0 Å². The van der Waals surface area contributed by atoms with Gasteiger partial charge >= 0.3 is 0 Å². The number of carbonyl (C=O) groups is 1. The van der Waals surface area contributed by atoms with E-state index in [0.29, 0.717) is 32.0 Å². The Morgan fingerprint density at radius 1 is 1.23 bits per heavy atom. The normalized spacial score (nSPS) is 19.1. The first-order valence-corrected chi connectivity index (χ1v) is 10.8. The minimum atomic E-state index is -0.406. The molecule has 1 atom stereocenters. The summed E-state index contributed by atoms with van der Waals surface area (Å²) in [7, 11) is 0. The molecule has 1 aromatic carbocycles. The van der Waals surface area contributed by atoms with E-state index >= 15 is 0 Å². The summed E-state index contributed by atoms with van der Waals surface area (Å²) in [5.74, 6) is 0.935. The third-order valence-electron chi connectivity index (χ3n) is 5.41. The number of aliphatic imine (C=N–C) groups is 1. The van der Waals surface area contributed by atoms with Crippen molar-refractivity contribution in [3.63, 3.8) is 0 Å². The largest absolute Gasteiger partial charge is 0.376 e. The van der Waals surface area contributed by atoms with Crippen LogP contribution in [0.2, 0.25) is 0 Å². The molecule has 2 N–H and O–H groups in total. The van der Waals surface area contributed by atoms with E-state index in [2.05, 4.69) is 15.6 Å². The van der Waals surface area contributed by atoms with Crippen molar-refractivity contribution in [1.29, 1.82) is 0 Å². The molecule has 172 valence electrons. The summed E-state index contributed by atoms with van der Waals surface area (Å²) in [6, 6.07) is 6.44. The fourth-order valence-electron chi connectivity index (χ4n) is 3.66. The molecular formula is C21H32IN5O4. The SMILES string of the molecule is I.O=C1CCCN1CCCNC(=NCc1ccc([N+](=O)[O-])cc1)NCC1CCCCO1. The van der Waals surface area contributed by atoms with Crippen LogP contribution in [-0.4, -0.2) is 60.6 Å². The molecule has 0 saturated carbocycles. The van der Waals surface area contributed by atoms with Crippen LogP contribution in [0.4, 0.5) is 5.69 Å². The van der Waals surface area contributed by atoms with Crippen molar-refractivity contribution in [3.8, 4) is 0 Å². The molecule has 1 amide bonds. The topological polar surface area (TPSA) is 109 Å². The molecule has 3 rings (SSSR count). The highest BCUT2D eigenvalue weighted by molar-refractivity contribution is 14.0. The average molecular weight is 545 g/mol. The van der Waals surface area contributed by atoms with Gasteiger partial charge in [0, 0.05) is 51.3 Å². The number of hydrogen-bond acceptors (Lipinski definition) is 5. The zero-order valence-corrected chi connectivity index (χ0v) is 20.1. The zero-order valence-electron chi connectivity index (χ0n) is 17.8. The van der Waals surface area contributed by atoms with Crippen molar-refractivity contribution in [2.24, 2.45) is 4.99 Å². The summed E-state index contributed by atoms with van der Waals surface area (Å²) in [6.45, 7) is 4.24. The number of carbonyl (C=O) groups excluding carboxylic acids is 1. The van der Waals surface area contributed by atoms with E-state index in [1.165, 1.54) is 18.6 Å². The van der Waals surface area contributed by atoms with Gasteiger partial charge in [-0.25, -0.2) is 4.99 Å². The maximum atomic E-state index is 11.7. The van der Waals surface area contributed by atoms with E-state index in [1.54, 1.807) is 12.1 Å². The number of benzene rings is 1. The van der Waals surface area contributed by atoms with E-state index in [4.69, 9.17) is 4.74 Å². The smallest absolute Gasteiger partial charge is 0.269 e. The fourth-order valence-corrected chi connectivity index (χ4v) is 3.66. The van der Waals surface area contributed by atoms with Gasteiger partial charge in [0.25, 0.3) is 5.69 Å². The van der Waals surface area contributed by atoms with Crippen LogP contribution in [0.5, 0.6) is 0 Å². The van der Waals surface area contributed by atoms with E-state index in [-0.39, 0.29) is 41.7 Å². The van der Waals surface area contributed by atoms with E-state index in [0.717, 1.165) is 50.9 Å². The van der Waals surface area contributed by atoms with Crippen LogP contribution in [0, 0.1) is 10.1 Å². The molecule has 10 heteroatoms. The van der Waals surface area contributed by atoms with Crippen LogP contribution >= 0.6 is 24.0 Å². The lowest BCUT2D eigenvalue weighted by Crippen LogP contribution is -2.43. The van der Waals surface area contributed by atoms with Crippen LogP contribution < -0.4 is 10.6 Å². The molecule has 2 fully saturated rings. The van der Waals surface area contributed by atoms with Gasteiger partial charge in [-0.05, 0) is 37.7 Å². The van der Waals surface area contributed by atoms with Crippen LogP contribution in [-0.2, 0) is 16.1 Å². The van der Waals surface area contributed by atoms with Gasteiger partial charge in [0.1, 0.15) is 0 Å². The van der Waals surface area contributed by atoms with E-state index < -0.39 is 4.92 Å². The predicted molar refractivity (Wildman–Crippen MR) is 130 cm³/mol. The highest BCUT2D eigenvalue weighted by Crippen LogP contribution is 2.13. The number of nitrogens with one attached hydrogen (secondary N) is 2. The molecule has 0 spiro atoms. The van der Waals surface area contributed by atoms with Gasteiger partial charge in [0.15, 0.2) is 5.96 Å². The summed E-state index contributed by atoms with van der Waals surface area (Å²) in [4.78, 5) is 28.7. The number of nitro benzene ring substituents is 1. The summed E-state index contributed by atoms with van der Waals surface area (Å²) in [5.41, 5.74) is 0.975. The van der Waals surface area contributed by atoms with Gasteiger partial charge in [-0.3, -0.25) is 14.9 Å². The quantitative estimate of drug-likeness (QED) is 0.123. The van der Waals surface area contributed by atoms with Gasteiger partial charge in [-0.15, -0.1) is 24.0 Å². The summed E-state index contributed by atoms with van der Waals surface area (Å²) in [5, 5.41) is 17.5. The third-order valence-corrected chi connectivity index (χ3v) is 5.41. The summed E-state index contributed by atoms with van der Waals surface area (Å²) in [6.07, 6.45) is 6.00. The molecule has 2 heterocycles. The second-order valence-electron chi connectivity index (χ2n) is 7.72. The van der Waals surface area contributed by atoms with Crippen LogP contribution in [0.3, 0.4) is 0 Å². The minimum absolute atomic E-state index is 0. The Balaban J connectivity index is 0.00000341. The standard InChI is InChI=1S/C21H31N5O4.HI/c27-20-6-3-12-25(20)13-4-11-22-21(24-16-19-5-1-2-14-30-19)23-15-17-7-9-18(10-8-17)26(28)29;/h7-10,19H,1-6,11-16H2,(H2,22,23,24);1H. The van der Waals surface area contributed by atoms with Gasteiger partial charge < -0.3 is 20.3 Å². The first kappa shape index (κ1) is 25.3. The van der Waals surface area contributed by atoms with Gasteiger partial charge in [0.05, 0.1) is 17.6 Å². The van der Waals surface area contributed by atoms with Crippen molar-refractivity contribution in [2.45, 2.75) is 51.2 Å². The number of nitrogens with zero attached hydrogens (tertiary/aromatic N) is 3. The molecular weight excluding hydrogens is 513 g/mol. The molecule has 1 unspecified atom stereocenters. The number of hydrogen-bond donors (Lipinski definition) is 2. The molecule has 2 aliphatic heterocycles. The number of likely N-dealkylation sites (tertiary alicyclic amines) is 1. The molecule has 0 aromatic heterocycles. The number of nitro groups is 1. The van der Waals surface area contributed by atoms with Crippen molar-refractivity contribution in [1.82, 2.24) is 15.5 Å². The maximum absolute atomic E-state index is 11.7. The summed E-state index contributed by atoms with van der Waals surface area (Å²) >= 11 is 0. The van der Waals surface area contributed by atoms with E-state index in [9.17, 15) is 14.9 Å². The first-order chi connectivity index (χ1) is 14.6. The van der Waals surface area contributed by atoms with E-state index in [1.807, 2.05) is 4.90 Å². The number of amides is 1. The Bertz CT molecular complexity index is 738. The number of guanidine groups is 1. The lowest BCUT2D eigenvalue weighted by molar-refractivity contribution is -0.384. The Morgan fingerprint density at radius 2 is 2.03 bits per heavy atom. The molecule has 0 radical (unpaired) electrons. The molecule has 1 aromatic rings. The van der Waals surface area contributed by atoms with Crippen molar-refractivity contribution in [2.75, 3.05) is 32.8 Å². The highest BCUT2D eigenvalue weighted by Gasteiger charge is 2.19.